The lowest BCUT2D eigenvalue weighted by Crippen LogP contribution is -1.99. The molecule has 2 rings (SSSR count). The van der Waals surface area contributed by atoms with Crippen LogP contribution in [0.4, 0.5) is 0 Å². The third-order valence-electron chi connectivity index (χ3n) is 2.26. The molecule has 8 heteroatoms. The topological polar surface area (TPSA) is 102 Å². The van der Waals surface area contributed by atoms with Crippen molar-refractivity contribution < 1.29 is 22.7 Å². The van der Waals surface area contributed by atoms with Crippen molar-refractivity contribution in [2.24, 2.45) is 0 Å². The molecule has 0 radical (unpaired) electrons. The minimum absolute atomic E-state index is 0.0421. The van der Waals surface area contributed by atoms with Crippen LogP contribution in [0.2, 0.25) is 0 Å². The summed E-state index contributed by atoms with van der Waals surface area (Å²) in [5, 5.41) is 12.6. The molecule has 1 N–H and O–H groups in total. The van der Waals surface area contributed by atoms with Crippen molar-refractivity contribution in [2.45, 2.75) is 11.4 Å². The molecule has 96 valence electrons. The van der Waals surface area contributed by atoms with Crippen molar-refractivity contribution in [1.29, 1.82) is 0 Å². The van der Waals surface area contributed by atoms with E-state index >= 15 is 0 Å². The summed E-state index contributed by atoms with van der Waals surface area (Å²) in [4.78, 5) is 10.7. The molecule has 0 aliphatic rings. The average molecular weight is 270 g/mol. The molecule has 0 aliphatic carbocycles. The molecule has 0 amide bonds. The lowest BCUT2D eigenvalue weighted by atomic mass is 10.3. The van der Waals surface area contributed by atoms with Gasteiger partial charge in [-0.3, -0.25) is 4.68 Å². The van der Waals surface area contributed by atoms with Gasteiger partial charge in [-0.05, 0) is 6.07 Å². The van der Waals surface area contributed by atoms with Crippen molar-refractivity contribution in [1.82, 2.24) is 9.78 Å². The van der Waals surface area contributed by atoms with Crippen LogP contribution in [0.15, 0.2) is 34.0 Å². The number of hydrogen-bond donors (Lipinski definition) is 1. The first-order valence-corrected chi connectivity index (χ1v) is 6.78. The zero-order valence-electron chi connectivity index (χ0n) is 9.40. The van der Waals surface area contributed by atoms with Crippen molar-refractivity contribution >= 4 is 15.8 Å². The number of aromatic carboxylic acids is 1. The largest absolute Gasteiger partial charge is 0.478 e. The highest BCUT2D eigenvalue weighted by Gasteiger charge is 2.12. The monoisotopic (exact) mass is 270 g/mol. The van der Waals surface area contributed by atoms with Crippen LogP contribution in [-0.4, -0.2) is 35.5 Å². The SMILES string of the molecule is CS(=O)(=O)c1cnn(Cc2cc(C(=O)O)co2)c1. The maximum atomic E-state index is 11.2. The van der Waals surface area contributed by atoms with E-state index in [-0.39, 0.29) is 17.0 Å². The zero-order valence-corrected chi connectivity index (χ0v) is 10.2. The van der Waals surface area contributed by atoms with Gasteiger partial charge in [0.15, 0.2) is 9.84 Å². The Hall–Kier alpha value is -2.09. The molecular formula is C10H10N2O5S. The number of carboxylic acids is 1. The quantitative estimate of drug-likeness (QED) is 0.873. The zero-order chi connectivity index (χ0) is 13.3. The molecule has 0 aliphatic heterocycles. The highest BCUT2D eigenvalue weighted by atomic mass is 32.2. The highest BCUT2D eigenvalue weighted by molar-refractivity contribution is 7.90. The number of aromatic nitrogens is 2. The van der Waals surface area contributed by atoms with Crippen LogP contribution in [0.1, 0.15) is 16.1 Å². The van der Waals surface area contributed by atoms with Crippen LogP contribution in [0.25, 0.3) is 0 Å². The summed E-state index contributed by atoms with van der Waals surface area (Å²) in [6, 6.07) is 1.37. The van der Waals surface area contributed by atoms with Gasteiger partial charge in [-0.2, -0.15) is 5.10 Å². The second-order valence-corrected chi connectivity index (χ2v) is 5.77. The molecule has 18 heavy (non-hydrogen) atoms. The summed E-state index contributed by atoms with van der Waals surface area (Å²) in [7, 11) is -3.29. The summed E-state index contributed by atoms with van der Waals surface area (Å²) in [5.74, 6) is -0.696. The molecular weight excluding hydrogens is 260 g/mol. The summed E-state index contributed by atoms with van der Waals surface area (Å²) in [6.45, 7) is 0.169. The first-order chi connectivity index (χ1) is 8.36. The number of carboxylic acid groups (broad SMARTS) is 1. The third kappa shape index (κ3) is 2.59. The van der Waals surface area contributed by atoms with E-state index in [1.807, 2.05) is 0 Å². The number of furan rings is 1. The van der Waals surface area contributed by atoms with Gasteiger partial charge in [0.25, 0.3) is 0 Å². The second kappa shape index (κ2) is 4.30. The number of sulfone groups is 1. The Kier molecular flexibility index (Phi) is 2.95. The normalized spacial score (nSPS) is 11.6. The Morgan fingerprint density at radius 1 is 1.56 bits per heavy atom. The van der Waals surface area contributed by atoms with Crippen LogP contribution in [0.3, 0.4) is 0 Å². The van der Waals surface area contributed by atoms with Gasteiger partial charge in [-0.15, -0.1) is 0 Å². The number of carbonyl (C=O) groups is 1. The van der Waals surface area contributed by atoms with Crippen LogP contribution < -0.4 is 0 Å². The molecule has 0 bridgehead atoms. The van der Waals surface area contributed by atoms with E-state index in [2.05, 4.69) is 5.10 Å². The van der Waals surface area contributed by atoms with Gasteiger partial charge in [-0.25, -0.2) is 13.2 Å². The molecule has 2 heterocycles. The van der Waals surface area contributed by atoms with Crippen LogP contribution >= 0.6 is 0 Å². The molecule has 0 saturated carbocycles. The summed E-state index contributed by atoms with van der Waals surface area (Å²) >= 11 is 0. The van der Waals surface area contributed by atoms with E-state index < -0.39 is 15.8 Å². The van der Waals surface area contributed by atoms with Gasteiger partial charge in [0.05, 0.1) is 18.3 Å². The summed E-state index contributed by atoms with van der Waals surface area (Å²) in [5.41, 5.74) is 0.0421. The standard InChI is InChI=1S/C10H10N2O5S/c1-18(15,16)9-3-11-12(5-9)4-8-2-7(6-17-8)10(13)14/h2-3,5-6H,4H2,1H3,(H,13,14). The predicted octanol–water partition coefficient (Wildman–Crippen LogP) is 0.626. The summed E-state index contributed by atoms with van der Waals surface area (Å²) in [6.07, 6.45) is 4.80. The maximum Gasteiger partial charge on any atom is 0.338 e. The Labute approximate surface area is 103 Å². The molecule has 0 fully saturated rings. The van der Waals surface area contributed by atoms with Crippen LogP contribution in [0.5, 0.6) is 0 Å². The van der Waals surface area contributed by atoms with E-state index in [0.717, 1.165) is 12.5 Å². The Morgan fingerprint density at radius 2 is 2.28 bits per heavy atom. The minimum Gasteiger partial charge on any atom is -0.478 e. The Morgan fingerprint density at radius 3 is 2.78 bits per heavy atom. The van der Waals surface area contributed by atoms with E-state index in [4.69, 9.17) is 9.52 Å². The van der Waals surface area contributed by atoms with Crippen LogP contribution in [0, 0.1) is 0 Å². The number of rotatable bonds is 4. The van der Waals surface area contributed by atoms with E-state index in [1.54, 1.807) is 0 Å². The molecule has 0 aromatic carbocycles. The first kappa shape index (κ1) is 12.4. The van der Waals surface area contributed by atoms with E-state index in [0.29, 0.717) is 5.76 Å². The Balaban J connectivity index is 2.19. The van der Waals surface area contributed by atoms with Gasteiger partial charge in [0.1, 0.15) is 16.9 Å². The van der Waals surface area contributed by atoms with Gasteiger partial charge in [-0.1, -0.05) is 0 Å². The molecule has 0 unspecified atom stereocenters. The van der Waals surface area contributed by atoms with Crippen LogP contribution in [-0.2, 0) is 16.4 Å². The average Bonchev–Trinajstić information content (AvgIpc) is 2.85. The molecule has 2 aromatic rings. The minimum atomic E-state index is -3.29. The third-order valence-corrected chi connectivity index (χ3v) is 3.32. The summed E-state index contributed by atoms with van der Waals surface area (Å²) < 4.78 is 28.9. The van der Waals surface area contributed by atoms with Gasteiger partial charge < -0.3 is 9.52 Å². The molecule has 0 atom stereocenters. The molecule has 0 saturated heterocycles. The van der Waals surface area contributed by atoms with Gasteiger partial charge >= 0.3 is 5.97 Å². The van der Waals surface area contributed by atoms with Crippen molar-refractivity contribution in [3.63, 3.8) is 0 Å². The number of hydrogen-bond acceptors (Lipinski definition) is 5. The fraction of sp³-hybridized carbons (Fsp3) is 0.200. The first-order valence-electron chi connectivity index (χ1n) is 4.89. The molecule has 2 aromatic heterocycles. The fourth-order valence-electron chi connectivity index (χ4n) is 1.36. The smallest absolute Gasteiger partial charge is 0.338 e. The highest BCUT2D eigenvalue weighted by Crippen LogP contribution is 2.11. The number of nitrogens with zero attached hydrogens (tertiary/aromatic N) is 2. The maximum absolute atomic E-state index is 11.2. The predicted molar refractivity (Wildman–Crippen MR) is 60.1 cm³/mol. The second-order valence-electron chi connectivity index (χ2n) is 3.75. The Bertz CT molecular complexity index is 683. The van der Waals surface area contributed by atoms with E-state index in [1.165, 1.54) is 23.1 Å². The lowest BCUT2D eigenvalue weighted by Gasteiger charge is -1.96. The fourth-order valence-corrected chi connectivity index (χ4v) is 1.91. The molecule has 0 spiro atoms. The molecule has 7 nitrogen and oxygen atoms in total. The van der Waals surface area contributed by atoms with Crippen molar-refractivity contribution in [2.75, 3.05) is 6.26 Å². The van der Waals surface area contributed by atoms with Crippen molar-refractivity contribution in [3.05, 3.63) is 36.0 Å². The van der Waals surface area contributed by atoms with E-state index in [9.17, 15) is 13.2 Å². The lowest BCUT2D eigenvalue weighted by molar-refractivity contribution is 0.0696. The van der Waals surface area contributed by atoms with Crippen molar-refractivity contribution in [3.8, 4) is 0 Å². The van der Waals surface area contributed by atoms with Gasteiger partial charge in [0, 0.05) is 12.5 Å². The van der Waals surface area contributed by atoms with Gasteiger partial charge in [0.2, 0.25) is 0 Å².